The molecule has 0 aliphatic carbocycles. The Morgan fingerprint density at radius 3 is 2.50 bits per heavy atom. The zero-order chi connectivity index (χ0) is 19.3. The van der Waals surface area contributed by atoms with Crippen LogP contribution in [0.4, 0.5) is 10.3 Å². The van der Waals surface area contributed by atoms with Crippen molar-refractivity contribution < 1.29 is 9.13 Å². The maximum absolute atomic E-state index is 13.1. The van der Waals surface area contributed by atoms with Crippen molar-refractivity contribution in [3.63, 3.8) is 0 Å². The summed E-state index contributed by atoms with van der Waals surface area (Å²) in [6.07, 6.45) is 5.18. The third-order valence-electron chi connectivity index (χ3n) is 4.27. The monoisotopic (exact) mass is 375 g/mol. The fourth-order valence-corrected chi connectivity index (χ4v) is 2.81. The first-order valence-electron chi connectivity index (χ1n) is 8.72. The fourth-order valence-electron chi connectivity index (χ4n) is 2.81. The Balaban J connectivity index is 1.66. The highest BCUT2D eigenvalue weighted by atomic mass is 19.1. The van der Waals surface area contributed by atoms with Gasteiger partial charge >= 0.3 is 0 Å². The van der Waals surface area contributed by atoms with Crippen LogP contribution in [-0.4, -0.2) is 27.0 Å². The lowest BCUT2D eigenvalue weighted by atomic mass is 10.1. The zero-order valence-electron chi connectivity index (χ0n) is 15.2. The van der Waals surface area contributed by atoms with E-state index in [1.807, 2.05) is 24.3 Å². The molecule has 0 spiro atoms. The van der Waals surface area contributed by atoms with Crippen LogP contribution in [0, 0.1) is 5.82 Å². The standard InChI is InChI=1S/C21H18FN5O/c1-28-17-8-4-15(5-9-17)19-18(20-23-10-11-24-20)13-26-21(27-19)25-12-14-2-6-16(22)7-3-14/h2-11,13H,12H2,1H3,(H,23,24)(H,25,26,27). The van der Waals surface area contributed by atoms with E-state index >= 15 is 0 Å². The van der Waals surface area contributed by atoms with Crippen LogP contribution in [0.5, 0.6) is 5.75 Å². The van der Waals surface area contributed by atoms with E-state index in [2.05, 4.69) is 25.3 Å². The van der Waals surface area contributed by atoms with Gasteiger partial charge in [0.1, 0.15) is 17.4 Å². The average molecular weight is 375 g/mol. The van der Waals surface area contributed by atoms with Crippen LogP contribution in [0.1, 0.15) is 5.56 Å². The Hall–Kier alpha value is -3.74. The first-order chi connectivity index (χ1) is 13.7. The number of imidazole rings is 1. The number of aromatic nitrogens is 4. The molecule has 0 atom stereocenters. The van der Waals surface area contributed by atoms with Gasteiger partial charge in [-0.3, -0.25) is 0 Å². The van der Waals surface area contributed by atoms with Crippen molar-refractivity contribution in [2.24, 2.45) is 0 Å². The molecule has 2 heterocycles. The van der Waals surface area contributed by atoms with Gasteiger partial charge in [0, 0.05) is 30.7 Å². The van der Waals surface area contributed by atoms with Crippen molar-refractivity contribution in [2.75, 3.05) is 12.4 Å². The summed E-state index contributed by atoms with van der Waals surface area (Å²) in [5, 5.41) is 3.19. The molecule has 0 aliphatic heterocycles. The molecule has 6 nitrogen and oxygen atoms in total. The minimum atomic E-state index is -0.260. The van der Waals surface area contributed by atoms with Crippen LogP contribution >= 0.6 is 0 Å². The third-order valence-corrected chi connectivity index (χ3v) is 4.27. The summed E-state index contributed by atoms with van der Waals surface area (Å²) >= 11 is 0. The first-order valence-corrected chi connectivity index (χ1v) is 8.72. The minimum absolute atomic E-state index is 0.260. The quantitative estimate of drug-likeness (QED) is 0.526. The normalized spacial score (nSPS) is 10.6. The molecule has 0 bridgehead atoms. The predicted octanol–water partition coefficient (Wildman–Crippen LogP) is 4.29. The molecule has 4 aromatic rings. The van der Waals surface area contributed by atoms with Crippen molar-refractivity contribution in [1.29, 1.82) is 0 Å². The Kier molecular flexibility index (Phi) is 4.97. The SMILES string of the molecule is COc1ccc(-c2nc(NCc3ccc(F)cc3)ncc2-c2ncc[nH]2)cc1. The summed E-state index contributed by atoms with van der Waals surface area (Å²) in [5.41, 5.74) is 3.39. The van der Waals surface area contributed by atoms with Crippen LogP contribution in [0.2, 0.25) is 0 Å². The van der Waals surface area contributed by atoms with Gasteiger partial charge in [0.05, 0.1) is 18.4 Å². The van der Waals surface area contributed by atoms with E-state index in [1.165, 1.54) is 12.1 Å². The molecule has 2 aromatic heterocycles. The lowest BCUT2D eigenvalue weighted by Crippen LogP contribution is -2.05. The number of nitrogens with zero attached hydrogens (tertiary/aromatic N) is 3. The van der Waals surface area contributed by atoms with Crippen molar-refractivity contribution >= 4 is 5.95 Å². The first kappa shape index (κ1) is 17.7. The van der Waals surface area contributed by atoms with Crippen molar-refractivity contribution in [2.45, 2.75) is 6.54 Å². The smallest absolute Gasteiger partial charge is 0.223 e. The number of hydrogen-bond acceptors (Lipinski definition) is 5. The van der Waals surface area contributed by atoms with Gasteiger partial charge in [-0.1, -0.05) is 12.1 Å². The Labute approximate surface area is 161 Å². The number of aromatic amines is 1. The molecule has 2 N–H and O–H groups in total. The van der Waals surface area contributed by atoms with E-state index in [-0.39, 0.29) is 5.82 Å². The van der Waals surface area contributed by atoms with Gasteiger partial charge in [0.2, 0.25) is 5.95 Å². The molecule has 0 unspecified atom stereocenters. The number of halogens is 1. The lowest BCUT2D eigenvalue weighted by molar-refractivity contribution is 0.415. The molecule has 0 saturated carbocycles. The van der Waals surface area contributed by atoms with Gasteiger partial charge in [-0.05, 0) is 42.0 Å². The maximum atomic E-state index is 13.1. The number of rotatable bonds is 6. The summed E-state index contributed by atoms with van der Waals surface area (Å²) in [5.74, 6) is 1.68. The van der Waals surface area contributed by atoms with E-state index < -0.39 is 0 Å². The molecule has 2 aromatic carbocycles. The van der Waals surface area contributed by atoms with Crippen LogP contribution in [0.3, 0.4) is 0 Å². The number of ether oxygens (including phenoxy) is 1. The Morgan fingerprint density at radius 1 is 1.04 bits per heavy atom. The number of H-pyrrole nitrogens is 1. The molecule has 4 rings (SSSR count). The topological polar surface area (TPSA) is 75.7 Å². The molecular weight excluding hydrogens is 357 g/mol. The van der Waals surface area contributed by atoms with Crippen LogP contribution in [0.25, 0.3) is 22.6 Å². The maximum Gasteiger partial charge on any atom is 0.223 e. The van der Waals surface area contributed by atoms with Gasteiger partial charge in [-0.15, -0.1) is 0 Å². The lowest BCUT2D eigenvalue weighted by Gasteiger charge is -2.11. The van der Waals surface area contributed by atoms with E-state index in [9.17, 15) is 4.39 Å². The number of benzene rings is 2. The van der Waals surface area contributed by atoms with Crippen LogP contribution in [0.15, 0.2) is 67.1 Å². The molecular formula is C21H18FN5O. The Morgan fingerprint density at radius 2 is 1.82 bits per heavy atom. The van der Waals surface area contributed by atoms with Gasteiger partial charge in [0.25, 0.3) is 0 Å². The van der Waals surface area contributed by atoms with Crippen LogP contribution < -0.4 is 10.1 Å². The number of hydrogen-bond donors (Lipinski definition) is 2. The minimum Gasteiger partial charge on any atom is -0.497 e. The van der Waals surface area contributed by atoms with Crippen LogP contribution in [-0.2, 0) is 6.54 Å². The molecule has 0 radical (unpaired) electrons. The number of anilines is 1. The summed E-state index contributed by atoms with van der Waals surface area (Å²) in [6.45, 7) is 0.489. The highest BCUT2D eigenvalue weighted by Crippen LogP contribution is 2.30. The second-order valence-corrected chi connectivity index (χ2v) is 6.10. The van der Waals surface area contributed by atoms with Gasteiger partial charge in [-0.25, -0.2) is 19.3 Å². The molecule has 140 valence electrons. The highest BCUT2D eigenvalue weighted by Gasteiger charge is 2.13. The molecule has 7 heteroatoms. The Bertz CT molecular complexity index is 1050. The molecule has 0 amide bonds. The predicted molar refractivity (Wildman–Crippen MR) is 105 cm³/mol. The van der Waals surface area contributed by atoms with Crippen molar-refractivity contribution in [3.05, 3.63) is 78.5 Å². The van der Waals surface area contributed by atoms with Gasteiger partial charge in [0.15, 0.2) is 0 Å². The van der Waals surface area contributed by atoms with Crippen molar-refractivity contribution in [3.8, 4) is 28.4 Å². The summed E-state index contributed by atoms with van der Waals surface area (Å²) in [7, 11) is 1.63. The molecule has 28 heavy (non-hydrogen) atoms. The van der Waals surface area contributed by atoms with Gasteiger partial charge < -0.3 is 15.0 Å². The second-order valence-electron chi connectivity index (χ2n) is 6.10. The zero-order valence-corrected chi connectivity index (χ0v) is 15.2. The summed E-state index contributed by atoms with van der Waals surface area (Å²) < 4.78 is 18.3. The average Bonchev–Trinajstić information content (AvgIpc) is 3.28. The largest absolute Gasteiger partial charge is 0.497 e. The van der Waals surface area contributed by atoms with E-state index in [4.69, 9.17) is 4.74 Å². The summed E-state index contributed by atoms with van der Waals surface area (Å²) in [6, 6.07) is 14.0. The highest BCUT2D eigenvalue weighted by molar-refractivity contribution is 5.77. The molecule has 0 fully saturated rings. The van der Waals surface area contributed by atoms with E-state index in [0.29, 0.717) is 18.3 Å². The molecule has 0 aliphatic rings. The third kappa shape index (κ3) is 3.83. The number of nitrogens with one attached hydrogen (secondary N) is 2. The summed E-state index contributed by atoms with van der Waals surface area (Å²) in [4.78, 5) is 16.5. The fraction of sp³-hybridized carbons (Fsp3) is 0.0952. The van der Waals surface area contributed by atoms with Gasteiger partial charge in [-0.2, -0.15) is 0 Å². The number of methoxy groups -OCH3 is 1. The van der Waals surface area contributed by atoms with E-state index in [1.54, 1.807) is 37.8 Å². The van der Waals surface area contributed by atoms with E-state index in [0.717, 1.165) is 28.1 Å². The molecule has 0 saturated heterocycles. The van der Waals surface area contributed by atoms with Crippen molar-refractivity contribution in [1.82, 2.24) is 19.9 Å². The second kappa shape index (κ2) is 7.87.